The molecule has 0 fully saturated rings. The SMILES string of the molecule is C=CCCOc1ccc2cc(CC=C)oc(=O)c2c1. The number of ether oxygens (including phenoxy) is 1. The van der Waals surface area contributed by atoms with Gasteiger partial charge < -0.3 is 9.15 Å². The van der Waals surface area contributed by atoms with Crippen molar-refractivity contribution < 1.29 is 9.15 Å². The van der Waals surface area contributed by atoms with Crippen LogP contribution in [0.5, 0.6) is 5.75 Å². The second-order valence-corrected chi connectivity index (χ2v) is 4.17. The number of rotatable bonds is 6. The van der Waals surface area contributed by atoms with Gasteiger partial charge in [-0.05, 0) is 30.0 Å². The van der Waals surface area contributed by atoms with E-state index in [9.17, 15) is 4.79 Å². The molecule has 3 heteroatoms. The van der Waals surface area contributed by atoms with Crippen LogP contribution in [0.2, 0.25) is 0 Å². The minimum Gasteiger partial charge on any atom is -0.493 e. The molecule has 0 saturated carbocycles. The highest BCUT2D eigenvalue weighted by Gasteiger charge is 2.05. The minimum absolute atomic E-state index is 0.344. The van der Waals surface area contributed by atoms with E-state index in [2.05, 4.69) is 13.2 Å². The zero-order valence-corrected chi connectivity index (χ0v) is 10.7. The lowest BCUT2D eigenvalue weighted by Gasteiger charge is -2.06. The Morgan fingerprint density at radius 1 is 1.21 bits per heavy atom. The summed E-state index contributed by atoms with van der Waals surface area (Å²) in [6, 6.07) is 7.28. The Morgan fingerprint density at radius 3 is 2.79 bits per heavy atom. The van der Waals surface area contributed by atoms with Crippen molar-refractivity contribution in [3.05, 3.63) is 65.8 Å². The highest BCUT2D eigenvalue weighted by atomic mass is 16.5. The summed E-state index contributed by atoms with van der Waals surface area (Å²) in [4.78, 5) is 11.9. The lowest BCUT2D eigenvalue weighted by atomic mass is 10.1. The molecule has 0 radical (unpaired) electrons. The molecule has 0 aliphatic heterocycles. The molecule has 98 valence electrons. The van der Waals surface area contributed by atoms with Gasteiger partial charge in [0.1, 0.15) is 11.5 Å². The number of hydrogen-bond donors (Lipinski definition) is 0. The van der Waals surface area contributed by atoms with Crippen LogP contribution in [0.25, 0.3) is 10.8 Å². The Kier molecular flexibility index (Phi) is 4.18. The van der Waals surface area contributed by atoms with Gasteiger partial charge in [0.15, 0.2) is 0 Å². The molecule has 1 aromatic heterocycles. The highest BCUT2D eigenvalue weighted by molar-refractivity contribution is 5.82. The molecule has 1 heterocycles. The van der Waals surface area contributed by atoms with E-state index in [0.717, 1.165) is 11.8 Å². The monoisotopic (exact) mass is 256 g/mol. The molecule has 1 aromatic carbocycles. The maximum absolute atomic E-state index is 11.9. The van der Waals surface area contributed by atoms with E-state index >= 15 is 0 Å². The van der Waals surface area contributed by atoms with E-state index < -0.39 is 0 Å². The van der Waals surface area contributed by atoms with Crippen LogP contribution in [0.1, 0.15) is 12.2 Å². The molecular weight excluding hydrogens is 240 g/mol. The molecule has 0 amide bonds. The second-order valence-electron chi connectivity index (χ2n) is 4.17. The van der Waals surface area contributed by atoms with Crippen LogP contribution in [-0.4, -0.2) is 6.61 Å². The standard InChI is InChI=1S/C16H16O3/c1-3-5-9-18-13-8-7-12-10-14(6-4-2)19-16(17)15(12)11-13/h3-4,7-8,10-11H,1-2,5-6,9H2. The highest BCUT2D eigenvalue weighted by Crippen LogP contribution is 2.19. The van der Waals surface area contributed by atoms with Gasteiger partial charge in [-0.1, -0.05) is 18.2 Å². The van der Waals surface area contributed by atoms with E-state index in [1.54, 1.807) is 18.2 Å². The lowest BCUT2D eigenvalue weighted by Crippen LogP contribution is -2.03. The van der Waals surface area contributed by atoms with E-state index in [1.165, 1.54) is 0 Å². The Hall–Kier alpha value is -2.29. The molecule has 0 saturated heterocycles. The first-order valence-electron chi connectivity index (χ1n) is 6.16. The molecule has 0 aliphatic rings. The minimum atomic E-state index is -0.344. The van der Waals surface area contributed by atoms with Gasteiger partial charge in [0.2, 0.25) is 0 Å². The molecule has 0 unspecified atom stereocenters. The summed E-state index contributed by atoms with van der Waals surface area (Å²) in [5, 5.41) is 1.38. The molecule has 2 rings (SSSR count). The van der Waals surface area contributed by atoms with Gasteiger partial charge in [0, 0.05) is 6.42 Å². The fourth-order valence-corrected chi connectivity index (χ4v) is 1.81. The summed E-state index contributed by atoms with van der Waals surface area (Å²) in [6.45, 7) is 7.81. The third kappa shape index (κ3) is 3.13. The van der Waals surface area contributed by atoms with Crippen LogP contribution in [-0.2, 0) is 6.42 Å². The first kappa shape index (κ1) is 13.1. The van der Waals surface area contributed by atoms with Crippen LogP contribution >= 0.6 is 0 Å². The summed E-state index contributed by atoms with van der Waals surface area (Å²) >= 11 is 0. The zero-order valence-electron chi connectivity index (χ0n) is 10.7. The van der Waals surface area contributed by atoms with Gasteiger partial charge in [0.25, 0.3) is 0 Å². The van der Waals surface area contributed by atoms with Gasteiger partial charge >= 0.3 is 5.63 Å². The van der Waals surface area contributed by atoms with E-state index in [1.807, 2.05) is 18.2 Å². The third-order valence-corrected chi connectivity index (χ3v) is 2.72. The van der Waals surface area contributed by atoms with Crippen molar-refractivity contribution in [2.24, 2.45) is 0 Å². The van der Waals surface area contributed by atoms with Crippen LogP contribution in [0, 0.1) is 0 Å². The van der Waals surface area contributed by atoms with Gasteiger partial charge in [-0.15, -0.1) is 13.2 Å². The van der Waals surface area contributed by atoms with E-state index in [4.69, 9.17) is 9.15 Å². The Labute approximate surface area is 111 Å². The fourth-order valence-electron chi connectivity index (χ4n) is 1.81. The Morgan fingerprint density at radius 2 is 2.05 bits per heavy atom. The molecular formula is C16H16O3. The van der Waals surface area contributed by atoms with E-state index in [-0.39, 0.29) is 5.63 Å². The lowest BCUT2D eigenvalue weighted by molar-refractivity contribution is 0.325. The predicted octanol–water partition coefficient (Wildman–Crippen LogP) is 3.48. The van der Waals surface area contributed by atoms with E-state index in [0.29, 0.717) is 29.9 Å². The summed E-state index contributed by atoms with van der Waals surface area (Å²) in [5.74, 6) is 1.28. The maximum Gasteiger partial charge on any atom is 0.343 e. The van der Waals surface area contributed by atoms with Crippen molar-refractivity contribution in [3.63, 3.8) is 0 Å². The van der Waals surface area contributed by atoms with Gasteiger partial charge in [-0.25, -0.2) is 4.79 Å². The number of allylic oxidation sites excluding steroid dienone is 1. The smallest absolute Gasteiger partial charge is 0.343 e. The zero-order chi connectivity index (χ0) is 13.7. The Bertz CT molecular complexity index is 653. The summed E-state index contributed by atoms with van der Waals surface area (Å²) < 4.78 is 10.7. The summed E-state index contributed by atoms with van der Waals surface area (Å²) in [6.07, 6.45) is 4.81. The summed E-state index contributed by atoms with van der Waals surface area (Å²) in [5.41, 5.74) is -0.344. The van der Waals surface area contributed by atoms with Gasteiger partial charge in [-0.2, -0.15) is 0 Å². The maximum atomic E-state index is 11.9. The fraction of sp³-hybridized carbons (Fsp3) is 0.188. The van der Waals surface area contributed by atoms with Gasteiger partial charge in [0.05, 0.1) is 12.0 Å². The van der Waals surface area contributed by atoms with Crippen LogP contribution in [0.3, 0.4) is 0 Å². The molecule has 0 aliphatic carbocycles. The topological polar surface area (TPSA) is 39.4 Å². The molecule has 3 nitrogen and oxygen atoms in total. The van der Waals surface area contributed by atoms with Crippen molar-refractivity contribution >= 4 is 10.8 Å². The molecule has 0 spiro atoms. The molecule has 2 aromatic rings. The van der Waals surface area contributed by atoms with Crippen LogP contribution < -0.4 is 10.4 Å². The van der Waals surface area contributed by atoms with Crippen molar-refractivity contribution in [3.8, 4) is 5.75 Å². The van der Waals surface area contributed by atoms with Crippen LogP contribution in [0.15, 0.2) is 58.8 Å². The number of fused-ring (bicyclic) bond motifs is 1. The van der Waals surface area contributed by atoms with Crippen molar-refractivity contribution in [2.45, 2.75) is 12.8 Å². The van der Waals surface area contributed by atoms with Crippen molar-refractivity contribution in [1.29, 1.82) is 0 Å². The quantitative estimate of drug-likeness (QED) is 0.586. The molecule has 0 atom stereocenters. The van der Waals surface area contributed by atoms with Crippen molar-refractivity contribution in [2.75, 3.05) is 6.61 Å². The Balaban J connectivity index is 2.35. The van der Waals surface area contributed by atoms with Gasteiger partial charge in [-0.3, -0.25) is 0 Å². The second kappa shape index (κ2) is 6.05. The molecule has 19 heavy (non-hydrogen) atoms. The summed E-state index contributed by atoms with van der Waals surface area (Å²) in [7, 11) is 0. The van der Waals surface area contributed by atoms with Crippen LogP contribution in [0.4, 0.5) is 0 Å². The number of benzene rings is 1. The predicted molar refractivity (Wildman–Crippen MR) is 76.7 cm³/mol. The first-order valence-corrected chi connectivity index (χ1v) is 6.16. The first-order chi connectivity index (χ1) is 9.24. The third-order valence-electron chi connectivity index (χ3n) is 2.72. The number of hydrogen-bond acceptors (Lipinski definition) is 3. The molecule has 0 bridgehead atoms. The normalized spacial score (nSPS) is 10.3. The average Bonchev–Trinajstić information content (AvgIpc) is 2.40. The molecule has 0 N–H and O–H groups in total. The average molecular weight is 256 g/mol. The largest absolute Gasteiger partial charge is 0.493 e. The van der Waals surface area contributed by atoms with Crippen molar-refractivity contribution in [1.82, 2.24) is 0 Å².